The molecule has 0 bridgehead atoms. The third-order valence-corrected chi connectivity index (χ3v) is 4.97. The van der Waals surface area contributed by atoms with E-state index in [0.717, 1.165) is 39.9 Å². The Balaban J connectivity index is 2.68. The molecule has 0 aliphatic heterocycles. The summed E-state index contributed by atoms with van der Waals surface area (Å²) in [5.74, 6) is 1.59. The van der Waals surface area contributed by atoms with Gasteiger partial charge in [0.2, 0.25) is 0 Å². The van der Waals surface area contributed by atoms with Crippen LogP contribution in [0, 0.1) is 6.92 Å². The fraction of sp³-hybridized carbons (Fsp3) is 0.571. The van der Waals surface area contributed by atoms with Crippen LogP contribution in [-0.4, -0.2) is 20.3 Å². The van der Waals surface area contributed by atoms with Gasteiger partial charge in [-0.25, -0.2) is 0 Å². The highest BCUT2D eigenvalue weighted by Crippen LogP contribution is 2.57. The van der Waals surface area contributed by atoms with Crippen LogP contribution in [0.3, 0.4) is 0 Å². The maximum atomic E-state index is 6.18. The Morgan fingerprint density at radius 1 is 1.33 bits per heavy atom. The molecular formula is C14H20BrNO2. The van der Waals surface area contributed by atoms with Gasteiger partial charge in [0.25, 0.3) is 0 Å². The average molecular weight is 314 g/mol. The zero-order valence-electron chi connectivity index (χ0n) is 11.3. The second kappa shape index (κ2) is 4.74. The summed E-state index contributed by atoms with van der Waals surface area (Å²) in [7, 11) is 3.35. The molecule has 0 amide bonds. The predicted molar refractivity (Wildman–Crippen MR) is 76.5 cm³/mol. The molecule has 2 rings (SSSR count). The van der Waals surface area contributed by atoms with Gasteiger partial charge in [-0.05, 0) is 38.3 Å². The van der Waals surface area contributed by atoms with Crippen molar-refractivity contribution >= 4 is 15.9 Å². The van der Waals surface area contributed by atoms with Gasteiger partial charge in [-0.1, -0.05) is 15.9 Å². The first-order valence-corrected chi connectivity index (χ1v) is 6.94. The van der Waals surface area contributed by atoms with Crippen LogP contribution in [-0.2, 0) is 5.41 Å². The van der Waals surface area contributed by atoms with Gasteiger partial charge in [0, 0.05) is 21.5 Å². The van der Waals surface area contributed by atoms with Crippen LogP contribution < -0.4 is 15.2 Å². The number of hydrogen-bond acceptors (Lipinski definition) is 3. The van der Waals surface area contributed by atoms with Gasteiger partial charge in [0.15, 0.2) is 11.5 Å². The summed E-state index contributed by atoms with van der Waals surface area (Å²) in [6.45, 7) is 4.13. The monoisotopic (exact) mass is 313 g/mol. The number of rotatable bonds is 4. The molecule has 1 atom stereocenters. The van der Waals surface area contributed by atoms with Crippen LogP contribution >= 0.6 is 15.9 Å². The second-order valence-corrected chi connectivity index (χ2v) is 5.86. The molecule has 1 saturated carbocycles. The van der Waals surface area contributed by atoms with Gasteiger partial charge in [0.05, 0.1) is 14.2 Å². The van der Waals surface area contributed by atoms with Gasteiger partial charge < -0.3 is 15.2 Å². The fourth-order valence-electron chi connectivity index (χ4n) is 2.61. The van der Waals surface area contributed by atoms with E-state index in [1.807, 2.05) is 6.07 Å². The first-order chi connectivity index (χ1) is 8.47. The minimum atomic E-state index is 0.0312. The van der Waals surface area contributed by atoms with E-state index in [4.69, 9.17) is 15.2 Å². The molecule has 0 saturated heterocycles. The smallest absolute Gasteiger partial charge is 0.165 e. The van der Waals surface area contributed by atoms with Crippen molar-refractivity contribution in [1.29, 1.82) is 0 Å². The average Bonchev–Trinajstić information content (AvgIpc) is 3.12. The Morgan fingerprint density at radius 3 is 2.33 bits per heavy atom. The number of nitrogens with two attached hydrogens (primary N) is 1. The lowest BCUT2D eigenvalue weighted by Crippen LogP contribution is -2.32. The van der Waals surface area contributed by atoms with E-state index in [0.29, 0.717) is 0 Å². The van der Waals surface area contributed by atoms with Crippen molar-refractivity contribution in [3.8, 4) is 11.5 Å². The van der Waals surface area contributed by atoms with E-state index in [9.17, 15) is 0 Å². The highest BCUT2D eigenvalue weighted by molar-refractivity contribution is 9.10. The molecule has 1 aromatic carbocycles. The molecule has 0 radical (unpaired) electrons. The van der Waals surface area contributed by atoms with Gasteiger partial charge in [-0.3, -0.25) is 0 Å². The number of halogens is 1. The van der Waals surface area contributed by atoms with Crippen LogP contribution in [0.1, 0.15) is 30.9 Å². The van der Waals surface area contributed by atoms with Gasteiger partial charge in [-0.15, -0.1) is 0 Å². The SMILES string of the molecule is COc1cc(C)c(Br)c(C2(C(C)N)CC2)c1OC. The number of hydrogen-bond donors (Lipinski definition) is 1. The van der Waals surface area contributed by atoms with Crippen molar-refractivity contribution in [1.82, 2.24) is 0 Å². The van der Waals surface area contributed by atoms with E-state index in [2.05, 4.69) is 29.8 Å². The van der Waals surface area contributed by atoms with Crippen molar-refractivity contribution in [2.75, 3.05) is 14.2 Å². The van der Waals surface area contributed by atoms with Crippen LogP contribution in [0.5, 0.6) is 11.5 Å². The topological polar surface area (TPSA) is 44.5 Å². The lowest BCUT2D eigenvalue weighted by atomic mass is 9.87. The number of benzene rings is 1. The van der Waals surface area contributed by atoms with Crippen molar-refractivity contribution in [3.63, 3.8) is 0 Å². The van der Waals surface area contributed by atoms with Crippen molar-refractivity contribution < 1.29 is 9.47 Å². The zero-order chi connectivity index (χ0) is 13.5. The second-order valence-electron chi connectivity index (χ2n) is 5.06. The summed E-state index contributed by atoms with van der Waals surface area (Å²) in [5, 5.41) is 0. The maximum absolute atomic E-state index is 6.18. The number of ether oxygens (including phenoxy) is 2. The van der Waals surface area contributed by atoms with E-state index < -0.39 is 0 Å². The third-order valence-electron chi connectivity index (χ3n) is 3.95. The summed E-state index contributed by atoms with van der Waals surface area (Å²) < 4.78 is 12.1. The van der Waals surface area contributed by atoms with E-state index in [-0.39, 0.29) is 11.5 Å². The Bertz CT molecular complexity index is 467. The zero-order valence-corrected chi connectivity index (χ0v) is 12.9. The lowest BCUT2D eigenvalue weighted by Gasteiger charge is -2.26. The van der Waals surface area contributed by atoms with Gasteiger partial charge >= 0.3 is 0 Å². The Labute approximate surface area is 117 Å². The molecular weight excluding hydrogens is 294 g/mol. The molecule has 2 N–H and O–H groups in total. The van der Waals surface area contributed by atoms with Crippen molar-refractivity contribution in [3.05, 3.63) is 21.7 Å². The Morgan fingerprint density at radius 2 is 1.94 bits per heavy atom. The minimum absolute atomic E-state index is 0.0312. The lowest BCUT2D eigenvalue weighted by molar-refractivity contribution is 0.345. The summed E-state index contributed by atoms with van der Waals surface area (Å²) in [5.41, 5.74) is 8.52. The van der Waals surface area contributed by atoms with Crippen LogP contribution in [0.4, 0.5) is 0 Å². The molecule has 3 nitrogen and oxygen atoms in total. The number of methoxy groups -OCH3 is 2. The Hall–Kier alpha value is -0.740. The molecule has 4 heteroatoms. The highest BCUT2D eigenvalue weighted by Gasteiger charge is 2.51. The molecule has 0 heterocycles. The van der Waals surface area contributed by atoms with Gasteiger partial charge in [0.1, 0.15) is 0 Å². The molecule has 100 valence electrons. The normalized spacial score (nSPS) is 18.3. The van der Waals surface area contributed by atoms with Crippen LogP contribution in [0.25, 0.3) is 0 Å². The highest BCUT2D eigenvalue weighted by atomic mass is 79.9. The van der Waals surface area contributed by atoms with Crippen molar-refractivity contribution in [2.45, 2.75) is 38.1 Å². The molecule has 1 aliphatic rings. The van der Waals surface area contributed by atoms with Crippen LogP contribution in [0.15, 0.2) is 10.5 Å². The van der Waals surface area contributed by atoms with Gasteiger partial charge in [-0.2, -0.15) is 0 Å². The van der Waals surface area contributed by atoms with Crippen molar-refractivity contribution in [2.24, 2.45) is 5.73 Å². The van der Waals surface area contributed by atoms with E-state index in [1.165, 1.54) is 0 Å². The Kier molecular flexibility index (Phi) is 3.60. The summed E-state index contributed by atoms with van der Waals surface area (Å²) in [4.78, 5) is 0. The van der Waals surface area contributed by atoms with E-state index in [1.54, 1.807) is 14.2 Å². The summed E-state index contributed by atoms with van der Waals surface area (Å²) in [6, 6.07) is 2.10. The molecule has 1 aliphatic carbocycles. The first-order valence-electron chi connectivity index (χ1n) is 6.15. The summed E-state index contributed by atoms with van der Waals surface area (Å²) in [6.07, 6.45) is 2.21. The van der Waals surface area contributed by atoms with E-state index >= 15 is 0 Å². The first kappa shape index (κ1) is 13.7. The fourth-order valence-corrected chi connectivity index (χ4v) is 3.30. The quantitative estimate of drug-likeness (QED) is 0.928. The molecule has 1 aromatic rings. The third kappa shape index (κ3) is 1.91. The molecule has 18 heavy (non-hydrogen) atoms. The maximum Gasteiger partial charge on any atom is 0.165 e. The summed E-state index contributed by atoms with van der Waals surface area (Å²) >= 11 is 3.69. The minimum Gasteiger partial charge on any atom is -0.493 e. The largest absolute Gasteiger partial charge is 0.493 e. The predicted octanol–water partition coefficient (Wildman–Crippen LogP) is 3.15. The molecule has 1 fully saturated rings. The molecule has 0 aromatic heterocycles. The van der Waals surface area contributed by atoms with Crippen LogP contribution in [0.2, 0.25) is 0 Å². The number of aryl methyl sites for hydroxylation is 1. The standard InChI is InChI=1S/C14H20BrNO2/c1-8-7-10(17-3)13(18-4)11(12(8)15)14(5-6-14)9(2)16/h7,9H,5-6,16H2,1-4H3. The molecule has 1 unspecified atom stereocenters. The molecule has 0 spiro atoms.